The number of rotatable bonds is 6. The molecule has 1 fully saturated rings. The molecule has 1 atom stereocenters. The minimum absolute atomic E-state index is 0.00944. The summed E-state index contributed by atoms with van der Waals surface area (Å²) >= 11 is 0. The van der Waals surface area contributed by atoms with Gasteiger partial charge in [0.05, 0.1) is 12.5 Å². The molecule has 0 saturated carbocycles. The van der Waals surface area contributed by atoms with E-state index in [0.717, 1.165) is 24.9 Å². The number of para-hydroxylation sites is 1. The number of nitrogens with zero attached hydrogens (tertiary/aromatic N) is 1. The summed E-state index contributed by atoms with van der Waals surface area (Å²) in [4.78, 5) is 25.6. The molecular weight excluding hydrogens is 324 g/mol. The molecule has 0 spiro atoms. The van der Waals surface area contributed by atoms with Crippen LogP contribution < -0.4 is 10.2 Å². The lowest BCUT2D eigenvalue weighted by Gasteiger charge is -2.32. The van der Waals surface area contributed by atoms with Crippen LogP contribution in [0.5, 0.6) is 0 Å². The first-order valence-electron chi connectivity index (χ1n) is 9.35. The van der Waals surface area contributed by atoms with Crippen LogP contribution in [-0.2, 0) is 11.2 Å². The molecule has 3 rings (SSSR count). The smallest absolute Gasteiger partial charge is 0.224 e. The quantitative estimate of drug-likeness (QED) is 0.804. The number of anilines is 1. The van der Waals surface area contributed by atoms with Crippen molar-refractivity contribution in [3.8, 4) is 0 Å². The third-order valence-corrected chi connectivity index (χ3v) is 4.96. The molecule has 0 radical (unpaired) electrons. The molecule has 0 aromatic heterocycles. The van der Waals surface area contributed by atoms with E-state index in [1.165, 1.54) is 30.5 Å². The lowest BCUT2D eigenvalue weighted by molar-refractivity contribution is -0.121. The molecule has 4 nitrogen and oxygen atoms in total. The first-order chi connectivity index (χ1) is 12.7. The molecule has 1 saturated heterocycles. The highest BCUT2D eigenvalue weighted by atomic mass is 16.1. The van der Waals surface area contributed by atoms with Gasteiger partial charge in [-0.3, -0.25) is 9.59 Å². The van der Waals surface area contributed by atoms with Crippen LogP contribution in [0, 0.1) is 0 Å². The maximum absolute atomic E-state index is 12.4. The maximum atomic E-state index is 12.4. The van der Waals surface area contributed by atoms with Gasteiger partial charge in [-0.2, -0.15) is 0 Å². The number of hydrogen-bond acceptors (Lipinski definition) is 3. The average Bonchev–Trinajstić information content (AvgIpc) is 2.69. The van der Waals surface area contributed by atoms with E-state index in [2.05, 4.69) is 28.4 Å². The van der Waals surface area contributed by atoms with Crippen LogP contribution in [0.15, 0.2) is 48.5 Å². The molecule has 26 heavy (non-hydrogen) atoms. The van der Waals surface area contributed by atoms with Crippen molar-refractivity contribution in [2.75, 3.05) is 18.0 Å². The second-order valence-corrected chi connectivity index (χ2v) is 6.93. The van der Waals surface area contributed by atoms with Crippen molar-refractivity contribution >= 4 is 17.9 Å². The van der Waals surface area contributed by atoms with Gasteiger partial charge in [-0.1, -0.05) is 42.5 Å². The van der Waals surface area contributed by atoms with Gasteiger partial charge in [0.1, 0.15) is 6.29 Å². The Labute approximate surface area is 155 Å². The molecule has 136 valence electrons. The van der Waals surface area contributed by atoms with Gasteiger partial charge in [0.25, 0.3) is 0 Å². The monoisotopic (exact) mass is 350 g/mol. The van der Waals surface area contributed by atoms with Gasteiger partial charge in [-0.05, 0) is 43.4 Å². The second kappa shape index (κ2) is 8.65. The van der Waals surface area contributed by atoms with E-state index in [9.17, 15) is 9.59 Å². The Hall–Kier alpha value is -2.62. The summed E-state index contributed by atoms with van der Waals surface area (Å²) in [7, 11) is 0. The van der Waals surface area contributed by atoms with Crippen LogP contribution in [0.3, 0.4) is 0 Å². The molecule has 4 heteroatoms. The zero-order chi connectivity index (χ0) is 18.4. The van der Waals surface area contributed by atoms with E-state index in [1.54, 1.807) is 12.1 Å². The highest BCUT2D eigenvalue weighted by molar-refractivity contribution is 5.80. The van der Waals surface area contributed by atoms with Crippen LogP contribution in [0.4, 0.5) is 5.69 Å². The Morgan fingerprint density at radius 1 is 1.08 bits per heavy atom. The molecule has 1 aliphatic rings. The Balaban J connectivity index is 1.66. The second-order valence-electron chi connectivity index (χ2n) is 6.93. The third-order valence-electron chi connectivity index (χ3n) is 4.96. The molecule has 1 heterocycles. The molecule has 0 bridgehead atoms. The zero-order valence-corrected chi connectivity index (χ0v) is 15.3. The number of piperidine rings is 1. The van der Waals surface area contributed by atoms with E-state index in [4.69, 9.17) is 0 Å². The molecule has 1 unspecified atom stereocenters. The fourth-order valence-electron chi connectivity index (χ4n) is 3.55. The fraction of sp³-hybridized carbons (Fsp3) is 0.364. The first-order valence-corrected chi connectivity index (χ1v) is 9.35. The van der Waals surface area contributed by atoms with Crippen LogP contribution in [0.1, 0.15) is 53.7 Å². The Morgan fingerprint density at radius 2 is 1.77 bits per heavy atom. The van der Waals surface area contributed by atoms with Crippen LogP contribution in [0.2, 0.25) is 0 Å². The van der Waals surface area contributed by atoms with E-state index in [1.807, 2.05) is 25.1 Å². The topological polar surface area (TPSA) is 49.4 Å². The molecule has 0 aliphatic carbocycles. The van der Waals surface area contributed by atoms with Crippen LogP contribution in [0.25, 0.3) is 0 Å². The zero-order valence-electron chi connectivity index (χ0n) is 15.3. The number of amides is 1. The molecule has 2 aromatic carbocycles. The van der Waals surface area contributed by atoms with Crippen molar-refractivity contribution in [1.82, 2.24) is 5.32 Å². The molecule has 1 N–H and O–H groups in total. The Morgan fingerprint density at radius 3 is 2.46 bits per heavy atom. The fourth-order valence-corrected chi connectivity index (χ4v) is 3.55. The van der Waals surface area contributed by atoms with E-state index in [-0.39, 0.29) is 11.9 Å². The summed E-state index contributed by atoms with van der Waals surface area (Å²) in [6.45, 7) is 4.21. The van der Waals surface area contributed by atoms with Crippen molar-refractivity contribution in [3.63, 3.8) is 0 Å². The maximum Gasteiger partial charge on any atom is 0.224 e. The van der Waals surface area contributed by atoms with Gasteiger partial charge in [-0.25, -0.2) is 0 Å². The summed E-state index contributed by atoms with van der Waals surface area (Å²) in [5, 5.41) is 3.12. The van der Waals surface area contributed by atoms with Crippen molar-refractivity contribution in [3.05, 3.63) is 65.2 Å². The Bertz CT molecular complexity index is 749. The molecule has 1 aliphatic heterocycles. The van der Waals surface area contributed by atoms with E-state index >= 15 is 0 Å². The predicted molar refractivity (Wildman–Crippen MR) is 105 cm³/mol. The summed E-state index contributed by atoms with van der Waals surface area (Å²) in [5.74, 6) is -0.00944. The minimum Gasteiger partial charge on any atom is -0.371 e. The molecule has 1 amide bonds. The number of carbonyl (C=O) groups excluding carboxylic acids is 2. The first kappa shape index (κ1) is 18.2. The minimum atomic E-state index is -0.0464. The van der Waals surface area contributed by atoms with Crippen LogP contribution in [-0.4, -0.2) is 25.3 Å². The van der Waals surface area contributed by atoms with E-state index < -0.39 is 0 Å². The van der Waals surface area contributed by atoms with Crippen molar-refractivity contribution in [2.24, 2.45) is 0 Å². The van der Waals surface area contributed by atoms with Crippen molar-refractivity contribution in [1.29, 1.82) is 0 Å². The van der Waals surface area contributed by atoms with Crippen LogP contribution >= 0.6 is 0 Å². The predicted octanol–water partition coefficient (Wildman–Crippen LogP) is 3.91. The highest BCUT2D eigenvalue weighted by Crippen LogP contribution is 2.28. The summed E-state index contributed by atoms with van der Waals surface area (Å²) in [6, 6.07) is 15.4. The largest absolute Gasteiger partial charge is 0.371 e. The standard InChI is InChI=1S/C22H26N2O2/c1-17(23-22(26)15-18-9-11-19(16-25)12-10-18)20-7-3-4-8-21(20)24-13-5-2-6-14-24/h3-4,7-12,16-17H,2,5-6,13-15H2,1H3,(H,23,26). The molecular formula is C22H26N2O2. The van der Waals surface area contributed by atoms with Gasteiger partial charge in [0, 0.05) is 24.3 Å². The third kappa shape index (κ3) is 4.51. The average molecular weight is 350 g/mol. The van der Waals surface area contributed by atoms with E-state index in [0.29, 0.717) is 12.0 Å². The normalized spacial score (nSPS) is 15.3. The molecule has 2 aromatic rings. The summed E-state index contributed by atoms with van der Waals surface area (Å²) in [5.41, 5.74) is 3.93. The number of carbonyl (C=O) groups is 2. The lowest BCUT2D eigenvalue weighted by atomic mass is 10.0. The van der Waals surface area contributed by atoms with Crippen molar-refractivity contribution < 1.29 is 9.59 Å². The number of nitrogens with one attached hydrogen (secondary N) is 1. The van der Waals surface area contributed by atoms with Gasteiger partial charge < -0.3 is 10.2 Å². The Kier molecular flexibility index (Phi) is 6.05. The SMILES string of the molecule is CC(NC(=O)Cc1ccc(C=O)cc1)c1ccccc1N1CCCCC1. The highest BCUT2D eigenvalue weighted by Gasteiger charge is 2.18. The van der Waals surface area contributed by atoms with Crippen molar-refractivity contribution in [2.45, 2.75) is 38.6 Å². The van der Waals surface area contributed by atoms with Gasteiger partial charge >= 0.3 is 0 Å². The number of hydrogen-bond donors (Lipinski definition) is 1. The van der Waals surface area contributed by atoms with Gasteiger partial charge in [0.15, 0.2) is 0 Å². The van der Waals surface area contributed by atoms with Gasteiger partial charge in [-0.15, -0.1) is 0 Å². The number of aldehydes is 1. The lowest BCUT2D eigenvalue weighted by Crippen LogP contribution is -2.33. The van der Waals surface area contributed by atoms with Gasteiger partial charge in [0.2, 0.25) is 5.91 Å². The summed E-state index contributed by atoms with van der Waals surface area (Å²) in [6.07, 6.45) is 4.88. The summed E-state index contributed by atoms with van der Waals surface area (Å²) < 4.78 is 0. The number of benzene rings is 2.